The fraction of sp³-hybridized carbons (Fsp3) is 0.489. The summed E-state index contributed by atoms with van der Waals surface area (Å²) in [5, 5.41) is 24.5. The van der Waals surface area contributed by atoms with Gasteiger partial charge in [-0.25, -0.2) is 4.79 Å². The maximum Gasteiger partial charge on any atom is 0.410 e. The monoisotopic (exact) mass is 814 g/mol. The van der Waals surface area contributed by atoms with E-state index in [0.717, 1.165) is 53.7 Å². The summed E-state index contributed by atoms with van der Waals surface area (Å²) < 4.78 is 26.5. The molecule has 58 heavy (non-hydrogen) atoms. The summed E-state index contributed by atoms with van der Waals surface area (Å²) in [6.45, 7) is 9.16. The van der Waals surface area contributed by atoms with Gasteiger partial charge in [0, 0.05) is 37.7 Å². The Morgan fingerprint density at radius 1 is 0.983 bits per heavy atom. The van der Waals surface area contributed by atoms with Crippen molar-refractivity contribution in [1.29, 1.82) is 0 Å². The van der Waals surface area contributed by atoms with E-state index in [1.807, 2.05) is 56.3 Å². The molecule has 3 aromatic rings. The van der Waals surface area contributed by atoms with Gasteiger partial charge in [0.2, 0.25) is 5.79 Å². The normalized spacial score (nSPS) is 23.8. The first-order chi connectivity index (χ1) is 28.4. The molecule has 3 aromatic carbocycles. The fourth-order valence-corrected chi connectivity index (χ4v) is 9.24. The smallest absolute Gasteiger partial charge is 0.410 e. The topological polar surface area (TPSA) is 119 Å². The number of fused-ring (bicyclic) bond motifs is 2. The molecule has 6 atom stereocenters. The summed E-state index contributed by atoms with van der Waals surface area (Å²) in [6, 6.07) is 23.6. The van der Waals surface area contributed by atoms with Gasteiger partial charge in [-0.05, 0) is 97.9 Å². The number of benzene rings is 3. The number of amides is 1. The van der Waals surface area contributed by atoms with E-state index >= 15 is 0 Å². The number of oxime groups is 1. The highest BCUT2D eigenvalue weighted by atomic mass is 35.5. The Morgan fingerprint density at radius 3 is 2.40 bits per heavy atom. The molecule has 2 N–H and O–H groups in total. The molecule has 1 amide bonds. The standard InChI is InChI=1S/C47H59ClN2O8/c1-4-25-50(46(53)54-29-24-48)43-32-41(49-56-6-3)39-30-35(16-10-12-26-51)38(17-11-13-27-52)44-40-31-37(22-23-42(40)58-47(43,45(39)44)55-28-5-2)57-36-20-18-34(19-21-36)33-14-8-7-9-15-33/h5,7-9,14-15,18-23,30-31,35,38,43-45,51-52H,2,4,6,10-13,16-17,24-29,32H2,1,3H3/t35-,38+,43-,44+,45+,47+/m0/s1. The number of rotatable bonds is 21. The molecule has 1 heterocycles. The molecule has 2 aliphatic carbocycles. The quantitative estimate of drug-likeness (QED) is 0.0472. The molecule has 1 fully saturated rings. The third kappa shape index (κ3) is 9.57. The third-order valence-electron chi connectivity index (χ3n) is 11.5. The molecule has 0 saturated heterocycles. The second kappa shape index (κ2) is 21.1. The molecule has 0 unspecified atom stereocenters. The van der Waals surface area contributed by atoms with Gasteiger partial charge in [-0.2, -0.15) is 0 Å². The van der Waals surface area contributed by atoms with Crippen molar-refractivity contribution in [2.75, 3.05) is 45.5 Å². The van der Waals surface area contributed by atoms with Crippen LogP contribution >= 0.6 is 11.6 Å². The van der Waals surface area contributed by atoms with Crippen molar-refractivity contribution in [2.24, 2.45) is 22.9 Å². The average molecular weight is 815 g/mol. The van der Waals surface area contributed by atoms with Crippen LogP contribution in [0.4, 0.5) is 4.79 Å². The Balaban J connectivity index is 1.53. The van der Waals surface area contributed by atoms with Gasteiger partial charge >= 0.3 is 6.09 Å². The minimum absolute atomic E-state index is 0.0643. The van der Waals surface area contributed by atoms with E-state index in [1.165, 1.54) is 0 Å². The highest BCUT2D eigenvalue weighted by Crippen LogP contribution is 2.62. The minimum atomic E-state index is -1.36. The third-order valence-corrected chi connectivity index (χ3v) is 11.7. The largest absolute Gasteiger partial charge is 0.459 e. The zero-order valence-electron chi connectivity index (χ0n) is 33.9. The molecule has 3 aliphatic rings. The first-order valence-electron chi connectivity index (χ1n) is 21.0. The van der Waals surface area contributed by atoms with Gasteiger partial charge in [0.1, 0.15) is 36.5 Å². The summed E-state index contributed by atoms with van der Waals surface area (Å²) in [4.78, 5) is 21.6. The second-order valence-electron chi connectivity index (χ2n) is 15.2. The van der Waals surface area contributed by atoms with Crippen LogP contribution in [-0.2, 0) is 14.3 Å². The number of ether oxygens (including phenoxy) is 4. The van der Waals surface area contributed by atoms with Crippen molar-refractivity contribution in [3.63, 3.8) is 0 Å². The van der Waals surface area contributed by atoms with Crippen molar-refractivity contribution < 1.29 is 38.8 Å². The number of hydrogen-bond acceptors (Lipinski definition) is 9. The van der Waals surface area contributed by atoms with Crippen LogP contribution in [0.2, 0.25) is 0 Å². The Kier molecular flexibility index (Phi) is 15.7. The highest BCUT2D eigenvalue weighted by Gasteiger charge is 2.65. The van der Waals surface area contributed by atoms with E-state index in [1.54, 1.807) is 11.0 Å². The Bertz CT molecular complexity index is 1850. The Hall–Kier alpha value is -4.35. The number of unbranched alkanes of at least 4 members (excludes halogenated alkanes) is 2. The molecule has 0 aromatic heterocycles. The summed E-state index contributed by atoms with van der Waals surface area (Å²) in [5.74, 6) is 0.441. The van der Waals surface area contributed by atoms with Gasteiger partial charge < -0.3 is 34.0 Å². The number of aliphatic hydroxyl groups excluding tert-OH is 2. The first kappa shape index (κ1) is 43.2. The molecule has 312 valence electrons. The number of allylic oxidation sites excluding steroid dienone is 1. The summed E-state index contributed by atoms with van der Waals surface area (Å²) in [7, 11) is 0. The van der Waals surface area contributed by atoms with Gasteiger partial charge in [0.25, 0.3) is 0 Å². The minimum Gasteiger partial charge on any atom is -0.459 e. The molecule has 10 nitrogen and oxygen atoms in total. The number of hydrogen-bond donors (Lipinski definition) is 2. The number of halogens is 1. The van der Waals surface area contributed by atoms with Crippen molar-refractivity contribution in [1.82, 2.24) is 4.90 Å². The predicted octanol–water partition coefficient (Wildman–Crippen LogP) is 9.89. The van der Waals surface area contributed by atoms with Gasteiger partial charge in [-0.15, -0.1) is 18.2 Å². The van der Waals surface area contributed by atoms with Crippen LogP contribution in [0.3, 0.4) is 0 Å². The molecule has 0 radical (unpaired) electrons. The van der Waals surface area contributed by atoms with Crippen molar-refractivity contribution in [2.45, 2.75) is 83.0 Å². The lowest BCUT2D eigenvalue weighted by Gasteiger charge is -2.59. The van der Waals surface area contributed by atoms with Crippen LogP contribution in [0.5, 0.6) is 17.2 Å². The Morgan fingerprint density at radius 2 is 1.71 bits per heavy atom. The predicted molar refractivity (Wildman–Crippen MR) is 228 cm³/mol. The summed E-state index contributed by atoms with van der Waals surface area (Å²) in [6.07, 6.45) is 9.24. The van der Waals surface area contributed by atoms with E-state index in [-0.39, 0.29) is 50.1 Å². The summed E-state index contributed by atoms with van der Waals surface area (Å²) >= 11 is 6.01. The molecule has 6 rings (SSSR count). The van der Waals surface area contributed by atoms with Gasteiger partial charge in [-0.1, -0.05) is 79.5 Å². The van der Waals surface area contributed by atoms with Crippen LogP contribution in [0.1, 0.15) is 76.7 Å². The molecular weight excluding hydrogens is 756 g/mol. The van der Waals surface area contributed by atoms with Gasteiger partial charge in [0.05, 0.1) is 24.1 Å². The van der Waals surface area contributed by atoms with Gasteiger partial charge in [-0.3, -0.25) is 4.90 Å². The van der Waals surface area contributed by atoms with Crippen LogP contribution in [-0.4, -0.2) is 84.2 Å². The molecule has 1 aliphatic heterocycles. The van der Waals surface area contributed by atoms with E-state index < -0.39 is 23.8 Å². The molecule has 0 bridgehead atoms. The number of carbonyl (C=O) groups excluding carboxylic acids is 1. The number of nitrogens with zero attached hydrogens (tertiary/aromatic N) is 2. The second-order valence-corrected chi connectivity index (χ2v) is 15.6. The Labute approximate surface area is 348 Å². The van der Waals surface area contributed by atoms with E-state index in [2.05, 4.69) is 43.0 Å². The molecule has 0 spiro atoms. The lowest BCUT2D eigenvalue weighted by molar-refractivity contribution is -0.255. The van der Waals surface area contributed by atoms with Crippen LogP contribution in [0.25, 0.3) is 11.1 Å². The number of alkyl halides is 1. The fourth-order valence-electron chi connectivity index (χ4n) is 9.16. The maximum atomic E-state index is 14.0. The van der Waals surface area contributed by atoms with Crippen LogP contribution < -0.4 is 9.47 Å². The lowest BCUT2D eigenvalue weighted by atomic mass is 9.55. The van der Waals surface area contributed by atoms with E-state index in [0.29, 0.717) is 56.1 Å². The van der Waals surface area contributed by atoms with Crippen LogP contribution in [0, 0.1) is 17.8 Å². The van der Waals surface area contributed by atoms with E-state index in [9.17, 15) is 15.0 Å². The lowest BCUT2D eigenvalue weighted by Crippen LogP contribution is -2.70. The summed E-state index contributed by atoms with van der Waals surface area (Å²) in [5.41, 5.74) is 4.93. The van der Waals surface area contributed by atoms with Crippen molar-refractivity contribution >= 4 is 23.4 Å². The molecule has 11 heteroatoms. The van der Waals surface area contributed by atoms with Crippen molar-refractivity contribution in [3.05, 3.63) is 103 Å². The SMILES string of the molecule is C=CCO[C@@]12Oc3ccc(Oc4ccc(-c5ccccc5)cc4)cc3[C@H]3[C@H](CCCCO)[C@@H](CCCCO)C=C(C(=NOCC)C[C@@H]1N(CCC)C(=O)OCCCl)[C@H]32. The average Bonchev–Trinajstić information content (AvgIpc) is 3.25. The number of carbonyl (C=O) groups is 1. The highest BCUT2D eigenvalue weighted by molar-refractivity contribution is 6.18. The van der Waals surface area contributed by atoms with Gasteiger partial charge in [0.15, 0.2) is 0 Å². The number of aliphatic hydroxyl groups is 2. The maximum absolute atomic E-state index is 14.0. The van der Waals surface area contributed by atoms with Crippen LogP contribution in [0.15, 0.2) is 102 Å². The molecule has 1 saturated carbocycles. The zero-order chi connectivity index (χ0) is 40.9. The van der Waals surface area contributed by atoms with E-state index in [4.69, 9.17) is 40.5 Å². The first-order valence-corrected chi connectivity index (χ1v) is 21.5. The van der Waals surface area contributed by atoms with Crippen molar-refractivity contribution in [3.8, 4) is 28.4 Å². The molecular formula is C47H59ClN2O8. The zero-order valence-corrected chi connectivity index (χ0v) is 34.7.